The molecule has 2 aromatic heterocycles. The first kappa shape index (κ1) is 15.3. The van der Waals surface area contributed by atoms with Crippen LogP contribution in [0.4, 0.5) is 0 Å². The molecule has 2 aliphatic rings. The van der Waals surface area contributed by atoms with Crippen LogP contribution in [0.15, 0.2) is 41.4 Å². The minimum atomic E-state index is 0.170. The molecule has 122 valence electrons. The summed E-state index contributed by atoms with van der Waals surface area (Å²) in [5, 5.41) is 4.40. The second-order valence-corrected chi connectivity index (χ2v) is 7.50. The monoisotopic (exact) mass is 330 g/mol. The van der Waals surface area contributed by atoms with Crippen LogP contribution in [0.5, 0.6) is 0 Å². The molecule has 2 fully saturated rings. The van der Waals surface area contributed by atoms with E-state index in [4.69, 9.17) is 9.47 Å². The van der Waals surface area contributed by atoms with Gasteiger partial charge in [-0.3, -0.25) is 9.88 Å². The Bertz CT molecular complexity index is 619. The molecule has 4 nitrogen and oxygen atoms in total. The van der Waals surface area contributed by atoms with E-state index in [2.05, 4.69) is 26.7 Å². The lowest BCUT2D eigenvalue weighted by atomic mass is 9.82. The van der Waals surface area contributed by atoms with Crippen LogP contribution in [0.1, 0.15) is 11.1 Å². The number of nitrogens with zero attached hydrogens (tertiary/aromatic N) is 2. The van der Waals surface area contributed by atoms with Gasteiger partial charge in [0, 0.05) is 43.4 Å². The van der Waals surface area contributed by atoms with Gasteiger partial charge in [0.05, 0.1) is 26.4 Å². The normalized spacial score (nSPS) is 27.4. The summed E-state index contributed by atoms with van der Waals surface area (Å²) >= 11 is 1.77. The van der Waals surface area contributed by atoms with Crippen LogP contribution in [0.2, 0.25) is 0 Å². The number of fused-ring (bicyclic) bond motifs is 1. The van der Waals surface area contributed by atoms with Crippen molar-refractivity contribution in [2.45, 2.75) is 13.2 Å². The van der Waals surface area contributed by atoms with Crippen LogP contribution in [-0.4, -0.2) is 42.8 Å². The van der Waals surface area contributed by atoms with Crippen LogP contribution >= 0.6 is 11.3 Å². The lowest BCUT2D eigenvalue weighted by molar-refractivity contribution is 0.0183. The van der Waals surface area contributed by atoms with Crippen molar-refractivity contribution in [2.75, 3.05) is 32.9 Å². The Morgan fingerprint density at radius 2 is 2.22 bits per heavy atom. The lowest BCUT2D eigenvalue weighted by Crippen LogP contribution is -2.35. The van der Waals surface area contributed by atoms with Crippen molar-refractivity contribution in [3.63, 3.8) is 0 Å². The average molecular weight is 330 g/mol. The Morgan fingerprint density at radius 3 is 3.04 bits per heavy atom. The maximum Gasteiger partial charge on any atom is 0.0718 e. The number of hydrogen-bond acceptors (Lipinski definition) is 5. The maximum atomic E-state index is 6.06. The van der Waals surface area contributed by atoms with Gasteiger partial charge in [0.25, 0.3) is 0 Å². The average Bonchev–Trinajstić information content (AvgIpc) is 3.25. The molecular formula is C18H22N2O2S. The highest BCUT2D eigenvalue weighted by molar-refractivity contribution is 7.07. The highest BCUT2D eigenvalue weighted by atomic mass is 32.1. The first-order chi connectivity index (χ1) is 11.3. The predicted octanol–water partition coefficient (Wildman–Crippen LogP) is 2.81. The van der Waals surface area contributed by atoms with Crippen LogP contribution in [0, 0.1) is 11.3 Å². The minimum Gasteiger partial charge on any atom is -0.380 e. The van der Waals surface area contributed by atoms with Gasteiger partial charge < -0.3 is 9.47 Å². The fourth-order valence-electron chi connectivity index (χ4n) is 3.76. The van der Waals surface area contributed by atoms with E-state index in [1.54, 1.807) is 11.3 Å². The molecule has 0 bridgehead atoms. The second kappa shape index (κ2) is 6.69. The molecule has 2 aromatic rings. The van der Waals surface area contributed by atoms with Crippen molar-refractivity contribution in [3.8, 4) is 0 Å². The maximum absolute atomic E-state index is 6.06. The molecule has 0 aliphatic carbocycles. The van der Waals surface area contributed by atoms with Crippen molar-refractivity contribution >= 4 is 11.3 Å². The molecular weight excluding hydrogens is 308 g/mol. The molecule has 0 amide bonds. The standard InChI is InChI=1S/C18H22N2O2S/c1-4-19-5-2-15(1)9-21-13-18-12-20(7-16-3-6-23-11-16)8-17(18)10-22-14-18/h1-6,11,17H,7-10,12-14H2/t17-,18-/m1/s1. The fourth-order valence-corrected chi connectivity index (χ4v) is 4.42. The fraction of sp³-hybridized carbons (Fsp3) is 0.500. The first-order valence-electron chi connectivity index (χ1n) is 8.12. The van der Waals surface area contributed by atoms with Crippen molar-refractivity contribution in [1.82, 2.24) is 9.88 Å². The Kier molecular flexibility index (Phi) is 4.44. The first-order valence-corrected chi connectivity index (χ1v) is 9.06. The molecule has 4 heterocycles. The van der Waals surface area contributed by atoms with E-state index < -0.39 is 0 Å². The number of aromatic nitrogens is 1. The predicted molar refractivity (Wildman–Crippen MR) is 90.2 cm³/mol. The molecule has 2 aliphatic heterocycles. The molecule has 0 N–H and O–H groups in total. The van der Waals surface area contributed by atoms with Crippen LogP contribution in [-0.2, 0) is 22.6 Å². The molecule has 5 heteroatoms. The highest BCUT2D eigenvalue weighted by Crippen LogP contribution is 2.42. The smallest absolute Gasteiger partial charge is 0.0718 e. The van der Waals surface area contributed by atoms with Gasteiger partial charge in [-0.25, -0.2) is 0 Å². The summed E-state index contributed by atoms with van der Waals surface area (Å²) in [4.78, 5) is 6.61. The van der Waals surface area contributed by atoms with E-state index in [-0.39, 0.29) is 5.41 Å². The summed E-state index contributed by atoms with van der Waals surface area (Å²) in [5.74, 6) is 0.596. The molecule has 4 rings (SSSR count). The number of thiophene rings is 1. The van der Waals surface area contributed by atoms with Gasteiger partial charge in [-0.2, -0.15) is 11.3 Å². The van der Waals surface area contributed by atoms with Crippen LogP contribution < -0.4 is 0 Å². The van der Waals surface area contributed by atoms with Crippen LogP contribution in [0.3, 0.4) is 0 Å². The van der Waals surface area contributed by atoms with E-state index in [1.165, 1.54) is 11.1 Å². The van der Waals surface area contributed by atoms with Gasteiger partial charge in [-0.15, -0.1) is 0 Å². The van der Waals surface area contributed by atoms with E-state index in [0.29, 0.717) is 12.5 Å². The highest BCUT2D eigenvalue weighted by Gasteiger charge is 2.50. The summed E-state index contributed by atoms with van der Waals surface area (Å²) < 4.78 is 11.8. The molecule has 2 saturated heterocycles. The van der Waals surface area contributed by atoms with E-state index >= 15 is 0 Å². The number of ether oxygens (including phenoxy) is 2. The Balaban J connectivity index is 1.35. The molecule has 0 saturated carbocycles. The van der Waals surface area contributed by atoms with E-state index in [9.17, 15) is 0 Å². The van der Waals surface area contributed by atoms with Gasteiger partial charge in [0.15, 0.2) is 0 Å². The van der Waals surface area contributed by atoms with Gasteiger partial charge in [0.2, 0.25) is 0 Å². The Hall–Kier alpha value is -1.27. The number of pyridine rings is 1. The Labute approximate surface area is 141 Å². The molecule has 23 heavy (non-hydrogen) atoms. The van der Waals surface area contributed by atoms with Gasteiger partial charge >= 0.3 is 0 Å². The third kappa shape index (κ3) is 3.33. The summed E-state index contributed by atoms with van der Waals surface area (Å²) in [6, 6.07) is 6.25. The Morgan fingerprint density at radius 1 is 1.30 bits per heavy atom. The number of likely N-dealkylation sites (tertiary alicyclic amines) is 1. The van der Waals surface area contributed by atoms with Gasteiger partial charge in [-0.05, 0) is 40.1 Å². The molecule has 2 atom stereocenters. The summed E-state index contributed by atoms with van der Waals surface area (Å²) in [7, 11) is 0. The van der Waals surface area contributed by atoms with Crippen molar-refractivity contribution in [1.29, 1.82) is 0 Å². The lowest BCUT2D eigenvalue weighted by Gasteiger charge is -2.27. The third-order valence-corrected chi connectivity index (χ3v) is 5.72. The molecule has 0 unspecified atom stereocenters. The second-order valence-electron chi connectivity index (χ2n) is 6.72. The number of rotatable bonds is 6. The van der Waals surface area contributed by atoms with Crippen molar-refractivity contribution < 1.29 is 9.47 Å². The summed E-state index contributed by atoms with van der Waals surface area (Å²) in [6.45, 7) is 6.37. The van der Waals surface area contributed by atoms with Crippen LogP contribution in [0.25, 0.3) is 0 Å². The zero-order valence-corrected chi connectivity index (χ0v) is 14.0. The zero-order chi connectivity index (χ0) is 15.5. The van der Waals surface area contributed by atoms with E-state index in [0.717, 1.165) is 39.5 Å². The zero-order valence-electron chi connectivity index (χ0n) is 13.2. The molecule has 0 aromatic carbocycles. The van der Waals surface area contributed by atoms with E-state index in [1.807, 2.05) is 24.5 Å². The summed E-state index contributed by atoms with van der Waals surface area (Å²) in [5.41, 5.74) is 2.77. The summed E-state index contributed by atoms with van der Waals surface area (Å²) in [6.07, 6.45) is 3.63. The van der Waals surface area contributed by atoms with Crippen molar-refractivity contribution in [2.24, 2.45) is 11.3 Å². The SMILES string of the molecule is c1cc(COC[C@]23COC[C@H]2CN(Cc2ccsc2)C3)ccn1. The minimum absolute atomic E-state index is 0.170. The quantitative estimate of drug-likeness (QED) is 0.816. The van der Waals surface area contributed by atoms with Gasteiger partial charge in [0.1, 0.15) is 0 Å². The molecule has 0 spiro atoms. The van der Waals surface area contributed by atoms with Crippen molar-refractivity contribution in [3.05, 3.63) is 52.5 Å². The van der Waals surface area contributed by atoms with Gasteiger partial charge in [-0.1, -0.05) is 0 Å². The largest absolute Gasteiger partial charge is 0.380 e. The topological polar surface area (TPSA) is 34.6 Å². The molecule has 0 radical (unpaired) electrons. The number of hydrogen-bond donors (Lipinski definition) is 0. The third-order valence-electron chi connectivity index (χ3n) is 4.99.